The van der Waals surface area contributed by atoms with Gasteiger partial charge in [0.05, 0.1) is 29.0 Å². The number of aryl methyl sites for hydroxylation is 1. The first-order chi connectivity index (χ1) is 15.5. The molecule has 162 valence electrons. The summed E-state index contributed by atoms with van der Waals surface area (Å²) in [5.74, 6) is 2.42. The number of fused-ring (bicyclic) bond motifs is 4. The van der Waals surface area contributed by atoms with Crippen molar-refractivity contribution in [3.63, 3.8) is 0 Å². The summed E-state index contributed by atoms with van der Waals surface area (Å²) in [5.41, 5.74) is 9.14. The molecule has 32 heavy (non-hydrogen) atoms. The van der Waals surface area contributed by atoms with Gasteiger partial charge in [-0.05, 0) is 25.3 Å². The molecule has 4 atom stereocenters. The van der Waals surface area contributed by atoms with Gasteiger partial charge in [0.2, 0.25) is 0 Å². The number of nitrogens with two attached hydrogens (primary N) is 1. The second-order valence-electron chi connectivity index (χ2n) is 8.87. The van der Waals surface area contributed by atoms with Crippen molar-refractivity contribution in [2.45, 2.75) is 25.4 Å². The van der Waals surface area contributed by atoms with Gasteiger partial charge in [-0.15, -0.1) is 0 Å². The molecular weight excluding hydrogens is 411 g/mol. The number of halogens is 1. The largest absolute Gasteiger partial charge is 0.421 e. The number of rotatable bonds is 3. The highest BCUT2D eigenvalue weighted by molar-refractivity contribution is 6.16. The van der Waals surface area contributed by atoms with Crippen LogP contribution in [0.1, 0.15) is 11.4 Å². The topological polar surface area (TPSA) is 118 Å². The van der Waals surface area contributed by atoms with Crippen LogP contribution in [0.4, 0.5) is 15.9 Å². The van der Waals surface area contributed by atoms with E-state index in [0.29, 0.717) is 46.7 Å². The van der Waals surface area contributed by atoms with Crippen LogP contribution in [-0.4, -0.2) is 50.6 Å². The Morgan fingerprint density at radius 3 is 2.84 bits per heavy atom. The molecule has 1 aliphatic carbocycles. The van der Waals surface area contributed by atoms with Crippen LogP contribution in [0.3, 0.4) is 0 Å². The second-order valence-corrected chi connectivity index (χ2v) is 8.87. The Labute approximate surface area is 182 Å². The highest BCUT2D eigenvalue weighted by Gasteiger charge is 2.60. The molecule has 0 spiro atoms. The van der Waals surface area contributed by atoms with E-state index < -0.39 is 0 Å². The van der Waals surface area contributed by atoms with Gasteiger partial charge in [0.1, 0.15) is 23.1 Å². The van der Waals surface area contributed by atoms with Gasteiger partial charge < -0.3 is 25.7 Å². The van der Waals surface area contributed by atoms with E-state index in [1.807, 2.05) is 6.92 Å². The number of aromatic amines is 1. The molecule has 10 heteroatoms. The second kappa shape index (κ2) is 6.04. The van der Waals surface area contributed by atoms with Crippen LogP contribution in [-0.2, 0) is 6.42 Å². The summed E-state index contributed by atoms with van der Waals surface area (Å²) in [6.07, 6.45) is 3.78. The van der Waals surface area contributed by atoms with Gasteiger partial charge in [0, 0.05) is 42.5 Å². The van der Waals surface area contributed by atoms with E-state index in [9.17, 15) is 0 Å². The smallest absolute Gasteiger partial charge is 0.326 e. The van der Waals surface area contributed by atoms with Crippen molar-refractivity contribution in [1.29, 1.82) is 0 Å². The van der Waals surface area contributed by atoms with E-state index in [4.69, 9.17) is 15.5 Å². The van der Waals surface area contributed by atoms with Gasteiger partial charge in [-0.25, -0.2) is 14.4 Å². The SMILES string of the molecule is CNc1cc(F)c2c3c1[nH]c1nc(Oc4cnc(C)nc4)nc(c13)N1CC3C([C@@H]3N)[C@@H]1C2. The molecule has 0 bridgehead atoms. The Morgan fingerprint density at radius 1 is 1.25 bits per heavy atom. The molecule has 9 nitrogen and oxygen atoms in total. The Morgan fingerprint density at radius 2 is 2.06 bits per heavy atom. The lowest BCUT2D eigenvalue weighted by atomic mass is 9.98. The van der Waals surface area contributed by atoms with Crippen molar-refractivity contribution in [3.05, 3.63) is 35.7 Å². The van der Waals surface area contributed by atoms with Crippen molar-refractivity contribution in [2.75, 3.05) is 23.8 Å². The van der Waals surface area contributed by atoms with Crippen LogP contribution in [0.2, 0.25) is 0 Å². The van der Waals surface area contributed by atoms with Gasteiger partial charge in [0.15, 0.2) is 5.75 Å². The number of ether oxygens (including phenoxy) is 1. The van der Waals surface area contributed by atoms with Gasteiger partial charge >= 0.3 is 6.01 Å². The summed E-state index contributed by atoms with van der Waals surface area (Å²) in [6.45, 7) is 2.61. The number of nitrogens with one attached hydrogen (secondary N) is 2. The maximum Gasteiger partial charge on any atom is 0.326 e. The lowest BCUT2D eigenvalue weighted by Crippen LogP contribution is -2.39. The summed E-state index contributed by atoms with van der Waals surface area (Å²) in [5, 5.41) is 4.76. The average Bonchev–Trinajstić information content (AvgIpc) is 3.11. The van der Waals surface area contributed by atoms with Gasteiger partial charge in [-0.2, -0.15) is 9.97 Å². The van der Waals surface area contributed by atoms with Gasteiger partial charge in [-0.3, -0.25) is 0 Å². The molecule has 0 radical (unpaired) electrons. The van der Waals surface area contributed by atoms with Crippen LogP contribution in [0.15, 0.2) is 18.5 Å². The number of anilines is 2. The van der Waals surface area contributed by atoms with Crippen molar-refractivity contribution >= 4 is 33.4 Å². The molecule has 2 fully saturated rings. The average molecular weight is 432 g/mol. The summed E-state index contributed by atoms with van der Waals surface area (Å²) in [6, 6.07) is 2.03. The minimum atomic E-state index is -0.217. The molecule has 3 aliphatic rings. The predicted octanol–water partition coefficient (Wildman–Crippen LogP) is 2.50. The molecule has 5 heterocycles. The zero-order valence-electron chi connectivity index (χ0n) is 17.6. The number of H-pyrrole nitrogens is 1. The molecule has 0 amide bonds. The standard InChI is InChI=1S/C22H21FN8O/c1-8-26-5-9(6-27-8)32-22-29-20-17-16-10(12(23)4-13(25-2)19(16)28-20)3-14-15-11(18(15)24)7-31(14)21(17)30-22/h4-6,11,14-15,18,25H,3,7,24H2,1-2H3,(H,28,29,30)/t11?,14-,15?,18+/m0/s1. The summed E-state index contributed by atoms with van der Waals surface area (Å²) < 4.78 is 21.2. The normalized spacial score (nSPS) is 25.2. The van der Waals surface area contributed by atoms with Crippen LogP contribution >= 0.6 is 0 Å². The number of aromatic nitrogens is 5. The molecule has 7 rings (SSSR count). The maximum absolute atomic E-state index is 15.3. The fourth-order valence-electron chi connectivity index (χ4n) is 5.64. The number of benzene rings is 1. The van der Waals surface area contributed by atoms with Crippen LogP contribution in [0.5, 0.6) is 11.8 Å². The minimum absolute atomic E-state index is 0.106. The third-order valence-corrected chi connectivity index (χ3v) is 7.21. The van der Waals surface area contributed by atoms with E-state index in [-0.39, 0.29) is 23.9 Å². The molecule has 2 unspecified atom stereocenters. The fraction of sp³-hybridized carbons (Fsp3) is 0.364. The van der Waals surface area contributed by atoms with Gasteiger partial charge in [0.25, 0.3) is 0 Å². The van der Waals surface area contributed by atoms with E-state index >= 15 is 4.39 Å². The third kappa shape index (κ3) is 2.30. The Bertz CT molecular complexity index is 1420. The fourth-order valence-corrected chi connectivity index (χ4v) is 5.64. The zero-order chi connectivity index (χ0) is 21.7. The molecule has 1 saturated carbocycles. The molecular formula is C22H21FN8O. The Balaban J connectivity index is 1.48. The third-order valence-electron chi connectivity index (χ3n) is 7.21. The number of nitrogens with zero attached hydrogens (tertiary/aromatic N) is 5. The highest BCUT2D eigenvalue weighted by Crippen LogP contribution is 2.54. The monoisotopic (exact) mass is 432 g/mol. The minimum Gasteiger partial charge on any atom is -0.421 e. The van der Waals surface area contributed by atoms with E-state index in [0.717, 1.165) is 28.7 Å². The molecule has 1 aromatic carbocycles. The lowest BCUT2D eigenvalue weighted by Gasteiger charge is -2.29. The van der Waals surface area contributed by atoms with Crippen LogP contribution in [0.25, 0.3) is 21.9 Å². The molecule has 1 saturated heterocycles. The van der Waals surface area contributed by atoms with E-state index in [1.165, 1.54) is 0 Å². The summed E-state index contributed by atoms with van der Waals surface area (Å²) in [7, 11) is 1.78. The predicted molar refractivity (Wildman–Crippen MR) is 118 cm³/mol. The number of hydrogen-bond donors (Lipinski definition) is 3. The van der Waals surface area contributed by atoms with Crippen molar-refractivity contribution < 1.29 is 9.13 Å². The first kappa shape index (κ1) is 18.1. The number of hydrogen-bond acceptors (Lipinski definition) is 8. The zero-order valence-corrected chi connectivity index (χ0v) is 17.6. The molecule has 3 aromatic heterocycles. The molecule has 4 N–H and O–H groups in total. The van der Waals surface area contributed by atoms with E-state index in [1.54, 1.807) is 25.5 Å². The Kier molecular flexibility index (Phi) is 3.41. The first-order valence-corrected chi connectivity index (χ1v) is 10.7. The van der Waals surface area contributed by atoms with Crippen LogP contribution in [0, 0.1) is 24.6 Å². The van der Waals surface area contributed by atoms with Crippen LogP contribution < -0.4 is 20.7 Å². The van der Waals surface area contributed by atoms with Crippen molar-refractivity contribution in [2.24, 2.45) is 17.6 Å². The summed E-state index contributed by atoms with van der Waals surface area (Å²) in [4.78, 5) is 23.4. The van der Waals surface area contributed by atoms with Gasteiger partial charge in [-0.1, -0.05) is 0 Å². The Hall–Kier alpha value is -3.53. The van der Waals surface area contributed by atoms with Crippen molar-refractivity contribution in [3.8, 4) is 11.8 Å². The highest BCUT2D eigenvalue weighted by atomic mass is 19.1. The quantitative estimate of drug-likeness (QED) is 0.452. The summed E-state index contributed by atoms with van der Waals surface area (Å²) >= 11 is 0. The van der Waals surface area contributed by atoms with E-state index in [2.05, 4.69) is 30.2 Å². The molecule has 2 aliphatic heterocycles. The maximum atomic E-state index is 15.3. The lowest BCUT2D eigenvalue weighted by molar-refractivity contribution is 0.438. The van der Waals surface area contributed by atoms with Crippen molar-refractivity contribution in [1.82, 2.24) is 24.9 Å². The number of piperidine rings is 1. The molecule has 4 aromatic rings. The first-order valence-electron chi connectivity index (χ1n) is 10.7.